The van der Waals surface area contributed by atoms with Gasteiger partial charge in [0.2, 0.25) is 0 Å². The highest BCUT2D eigenvalue weighted by Crippen LogP contribution is 2.34. The van der Waals surface area contributed by atoms with Crippen LogP contribution < -0.4 is 0 Å². The van der Waals surface area contributed by atoms with Gasteiger partial charge in [-0.2, -0.15) is 0 Å². The summed E-state index contributed by atoms with van der Waals surface area (Å²) >= 11 is 0. The second-order valence-corrected chi connectivity index (χ2v) is 5.60. The Balaban J connectivity index is 1.94. The maximum absolute atomic E-state index is 10.9. The van der Waals surface area contributed by atoms with E-state index in [1.54, 1.807) is 0 Å². The zero-order chi connectivity index (χ0) is 11.5. The first kappa shape index (κ1) is 11.9. The monoisotopic (exact) mass is 225 g/mol. The average molecular weight is 225 g/mol. The van der Waals surface area contributed by atoms with Crippen LogP contribution in [0.15, 0.2) is 0 Å². The third kappa shape index (κ3) is 3.21. The van der Waals surface area contributed by atoms with Gasteiger partial charge in [-0.15, -0.1) is 0 Å². The van der Waals surface area contributed by atoms with Crippen molar-refractivity contribution in [3.63, 3.8) is 0 Å². The molecule has 0 aromatic heterocycles. The van der Waals surface area contributed by atoms with Crippen LogP contribution >= 0.6 is 0 Å². The smallest absolute Gasteiger partial charge is 0.317 e. The molecule has 0 saturated heterocycles. The minimum atomic E-state index is -0.668. The Morgan fingerprint density at radius 2 is 1.94 bits per heavy atom. The van der Waals surface area contributed by atoms with Gasteiger partial charge in [0.1, 0.15) is 0 Å². The van der Waals surface area contributed by atoms with Crippen molar-refractivity contribution < 1.29 is 9.90 Å². The predicted octanol–water partition coefficient (Wildman–Crippen LogP) is 2.36. The summed E-state index contributed by atoms with van der Waals surface area (Å²) in [5.41, 5.74) is 0. The Bertz CT molecular complexity index is 250. The summed E-state index contributed by atoms with van der Waals surface area (Å²) in [6.45, 7) is 3.54. The molecule has 92 valence electrons. The zero-order valence-electron chi connectivity index (χ0n) is 10.2. The Kier molecular flexibility index (Phi) is 3.85. The molecule has 0 bridgehead atoms. The molecule has 2 aliphatic carbocycles. The molecule has 0 aromatic rings. The lowest BCUT2D eigenvalue weighted by atomic mass is 9.84. The van der Waals surface area contributed by atoms with Gasteiger partial charge in [0.25, 0.3) is 0 Å². The quantitative estimate of drug-likeness (QED) is 0.781. The van der Waals surface area contributed by atoms with E-state index in [4.69, 9.17) is 5.11 Å². The zero-order valence-corrected chi connectivity index (χ0v) is 10.2. The first-order chi connectivity index (χ1) is 7.66. The molecule has 0 aliphatic heterocycles. The van der Waals surface area contributed by atoms with Crippen molar-refractivity contribution in [1.29, 1.82) is 0 Å². The molecule has 2 aliphatic rings. The van der Waals surface area contributed by atoms with Crippen LogP contribution in [0.5, 0.6) is 0 Å². The van der Waals surface area contributed by atoms with Crippen LogP contribution in [-0.2, 0) is 4.79 Å². The number of carbonyl (C=O) groups is 1. The number of hydrogen-bond acceptors (Lipinski definition) is 2. The van der Waals surface area contributed by atoms with E-state index in [1.807, 2.05) is 0 Å². The molecular formula is C13H23NO2. The van der Waals surface area contributed by atoms with E-state index < -0.39 is 5.97 Å². The summed E-state index contributed by atoms with van der Waals surface area (Å²) in [5, 5.41) is 8.99. The second-order valence-electron chi connectivity index (χ2n) is 5.60. The van der Waals surface area contributed by atoms with E-state index in [-0.39, 0.29) is 6.54 Å². The first-order valence-corrected chi connectivity index (χ1v) is 6.62. The van der Waals surface area contributed by atoms with Gasteiger partial charge >= 0.3 is 5.97 Å². The lowest BCUT2D eigenvalue weighted by molar-refractivity contribution is -0.139. The molecular weight excluding hydrogens is 202 g/mol. The van der Waals surface area contributed by atoms with Gasteiger partial charge < -0.3 is 5.11 Å². The van der Waals surface area contributed by atoms with Crippen LogP contribution in [-0.4, -0.2) is 35.1 Å². The molecule has 3 heteroatoms. The van der Waals surface area contributed by atoms with Crippen LogP contribution in [0.2, 0.25) is 0 Å². The fourth-order valence-corrected chi connectivity index (χ4v) is 2.96. The van der Waals surface area contributed by atoms with E-state index in [2.05, 4.69) is 11.8 Å². The summed E-state index contributed by atoms with van der Waals surface area (Å²) in [4.78, 5) is 13.2. The molecule has 16 heavy (non-hydrogen) atoms. The van der Waals surface area contributed by atoms with E-state index in [9.17, 15) is 4.79 Å². The van der Waals surface area contributed by atoms with Crippen LogP contribution in [0.3, 0.4) is 0 Å². The van der Waals surface area contributed by atoms with E-state index in [0.29, 0.717) is 12.0 Å². The summed E-state index contributed by atoms with van der Waals surface area (Å²) in [6, 6.07) is 0.519. The fourth-order valence-electron chi connectivity index (χ4n) is 2.96. The van der Waals surface area contributed by atoms with Gasteiger partial charge in [-0.05, 0) is 37.5 Å². The SMILES string of the molecule is CC1CCCCC1N(CC(=O)O)CC1CC1. The Morgan fingerprint density at radius 1 is 1.25 bits per heavy atom. The summed E-state index contributed by atoms with van der Waals surface area (Å²) in [6.07, 6.45) is 7.67. The number of carboxylic acid groups (broad SMARTS) is 1. The molecule has 0 aromatic carbocycles. The normalized spacial score (nSPS) is 30.6. The lowest BCUT2D eigenvalue weighted by Crippen LogP contribution is -2.45. The minimum absolute atomic E-state index is 0.242. The number of hydrogen-bond donors (Lipinski definition) is 1. The van der Waals surface area contributed by atoms with Crippen molar-refractivity contribution in [2.24, 2.45) is 11.8 Å². The van der Waals surface area contributed by atoms with Gasteiger partial charge in [-0.3, -0.25) is 9.69 Å². The van der Waals surface area contributed by atoms with Gasteiger partial charge in [0.05, 0.1) is 6.54 Å². The van der Waals surface area contributed by atoms with Crippen LogP contribution in [0.4, 0.5) is 0 Å². The molecule has 2 unspecified atom stereocenters. The lowest BCUT2D eigenvalue weighted by Gasteiger charge is -2.37. The van der Waals surface area contributed by atoms with Crippen molar-refractivity contribution in [3.05, 3.63) is 0 Å². The van der Waals surface area contributed by atoms with Gasteiger partial charge in [0.15, 0.2) is 0 Å². The largest absolute Gasteiger partial charge is 0.480 e. The number of aliphatic carboxylic acids is 1. The summed E-state index contributed by atoms with van der Waals surface area (Å²) < 4.78 is 0. The molecule has 0 amide bonds. The highest BCUT2D eigenvalue weighted by Gasteiger charge is 2.32. The maximum Gasteiger partial charge on any atom is 0.317 e. The number of nitrogens with zero attached hydrogens (tertiary/aromatic N) is 1. The van der Waals surface area contributed by atoms with Crippen molar-refractivity contribution in [3.8, 4) is 0 Å². The van der Waals surface area contributed by atoms with Crippen molar-refractivity contribution in [2.75, 3.05) is 13.1 Å². The molecule has 0 radical (unpaired) electrons. The molecule has 2 saturated carbocycles. The van der Waals surface area contributed by atoms with Crippen molar-refractivity contribution >= 4 is 5.97 Å². The average Bonchev–Trinajstić information content (AvgIpc) is 3.01. The number of carboxylic acids is 1. The Labute approximate surface area is 97.8 Å². The Morgan fingerprint density at radius 3 is 2.50 bits per heavy atom. The fraction of sp³-hybridized carbons (Fsp3) is 0.923. The third-order valence-corrected chi connectivity index (χ3v) is 4.06. The minimum Gasteiger partial charge on any atom is -0.480 e. The summed E-state index contributed by atoms with van der Waals surface area (Å²) in [5.74, 6) is 0.791. The molecule has 2 rings (SSSR count). The predicted molar refractivity (Wildman–Crippen MR) is 63.4 cm³/mol. The van der Waals surface area contributed by atoms with Crippen LogP contribution in [0.25, 0.3) is 0 Å². The molecule has 3 nitrogen and oxygen atoms in total. The number of rotatable bonds is 5. The van der Waals surface area contributed by atoms with Gasteiger partial charge in [-0.25, -0.2) is 0 Å². The first-order valence-electron chi connectivity index (χ1n) is 6.62. The molecule has 2 atom stereocenters. The van der Waals surface area contributed by atoms with Crippen molar-refractivity contribution in [1.82, 2.24) is 4.90 Å². The molecule has 0 spiro atoms. The maximum atomic E-state index is 10.9. The highest BCUT2D eigenvalue weighted by atomic mass is 16.4. The summed E-state index contributed by atoms with van der Waals surface area (Å²) in [7, 11) is 0. The second kappa shape index (κ2) is 5.17. The highest BCUT2D eigenvalue weighted by molar-refractivity contribution is 5.69. The van der Waals surface area contributed by atoms with Gasteiger partial charge in [0, 0.05) is 12.6 Å². The molecule has 0 heterocycles. The van der Waals surface area contributed by atoms with Crippen molar-refractivity contribution in [2.45, 2.75) is 51.5 Å². The standard InChI is InChI=1S/C13H23NO2/c1-10-4-2-3-5-12(10)14(9-13(15)16)8-11-6-7-11/h10-12H,2-9H2,1H3,(H,15,16). The van der Waals surface area contributed by atoms with E-state index in [0.717, 1.165) is 12.5 Å². The Hall–Kier alpha value is -0.570. The topological polar surface area (TPSA) is 40.5 Å². The van der Waals surface area contributed by atoms with Gasteiger partial charge in [-0.1, -0.05) is 19.8 Å². The van der Waals surface area contributed by atoms with E-state index >= 15 is 0 Å². The van der Waals surface area contributed by atoms with Crippen LogP contribution in [0, 0.1) is 11.8 Å². The third-order valence-electron chi connectivity index (χ3n) is 4.06. The molecule has 1 N–H and O–H groups in total. The van der Waals surface area contributed by atoms with Crippen LogP contribution in [0.1, 0.15) is 45.4 Å². The molecule has 2 fully saturated rings. The van der Waals surface area contributed by atoms with E-state index in [1.165, 1.54) is 38.5 Å².